The Morgan fingerprint density at radius 3 is 1.42 bits per heavy atom. The molecule has 12 heavy (non-hydrogen) atoms. The molecule has 0 aliphatic rings. The fourth-order valence-electron chi connectivity index (χ4n) is 0.494. The van der Waals surface area contributed by atoms with Crippen LogP contribution in [0.3, 0.4) is 0 Å². The molecule has 0 rings (SSSR count). The van der Waals surface area contributed by atoms with Gasteiger partial charge in [-0.1, -0.05) is 12.2 Å². The molecule has 0 radical (unpaired) electrons. The van der Waals surface area contributed by atoms with Gasteiger partial charge in [-0.15, -0.1) is 12.6 Å². The molecule has 1 nitrogen and oxygen atoms in total. The summed E-state index contributed by atoms with van der Waals surface area (Å²) in [5.41, 5.74) is 0. The van der Waals surface area contributed by atoms with Crippen molar-refractivity contribution < 1.29 is 21.1 Å². The quantitative estimate of drug-likeness (QED) is 0.461. The minimum Gasteiger partial charge on any atom is -2.00 e. The van der Waals surface area contributed by atoms with Gasteiger partial charge in [-0.25, -0.2) is 0 Å². The van der Waals surface area contributed by atoms with Gasteiger partial charge in [0.15, 0.2) is 0 Å². The van der Waals surface area contributed by atoms with Crippen molar-refractivity contribution in [1.82, 2.24) is 4.90 Å². The van der Waals surface area contributed by atoms with Gasteiger partial charge in [0.2, 0.25) is 0 Å². The van der Waals surface area contributed by atoms with Crippen LogP contribution < -0.4 is 0 Å². The van der Waals surface area contributed by atoms with Crippen molar-refractivity contribution in [1.29, 1.82) is 0 Å². The first-order valence-corrected chi connectivity index (χ1v) is 3.55. The van der Waals surface area contributed by atoms with Gasteiger partial charge in [-0.05, 0) is 13.8 Å². The third-order valence-electron chi connectivity index (χ3n) is 1.03. The van der Waals surface area contributed by atoms with E-state index >= 15 is 0 Å². The van der Waals surface area contributed by atoms with Gasteiger partial charge < -0.3 is 45.4 Å². The van der Waals surface area contributed by atoms with Gasteiger partial charge in [0.05, 0.1) is 0 Å². The summed E-state index contributed by atoms with van der Waals surface area (Å²) in [7, 11) is 0. The van der Waals surface area contributed by atoms with E-state index in [-0.39, 0.29) is 61.6 Å². The topological polar surface area (TPSA) is 3.24 Å². The zero-order valence-corrected chi connectivity index (χ0v) is 13.0. The molecule has 0 aliphatic heterocycles. The largest absolute Gasteiger partial charge is 2.00 e. The monoisotopic (exact) mass is 343 g/mol. The van der Waals surface area contributed by atoms with Crippen LogP contribution in [0.5, 0.6) is 0 Å². The second-order valence-corrected chi connectivity index (χ2v) is 2.57. The number of nitrogens with zero attached hydrogens (tertiary/aromatic N) is 1. The first kappa shape index (κ1) is 29.2. The Balaban J connectivity index is -0.0000000408. The van der Waals surface area contributed by atoms with E-state index in [4.69, 9.17) is 12.2 Å². The molecule has 0 aliphatic carbocycles. The first-order chi connectivity index (χ1) is 3.72. The fourth-order valence-corrected chi connectivity index (χ4v) is 1.04. The summed E-state index contributed by atoms with van der Waals surface area (Å²) in [5, 5.41) is 0. The van der Waals surface area contributed by atoms with Crippen molar-refractivity contribution in [3.05, 3.63) is 0 Å². The molecular formula is C5H11MoNS5-6. The van der Waals surface area contributed by atoms with Crippen LogP contribution in [0.4, 0.5) is 0 Å². The molecule has 0 saturated heterocycles. The second-order valence-electron chi connectivity index (χ2n) is 1.45. The van der Waals surface area contributed by atoms with Gasteiger partial charge >= 0.3 is 0 Å². The fraction of sp³-hybridized carbons (Fsp3) is 0.800. The van der Waals surface area contributed by atoms with E-state index in [1.165, 1.54) is 0 Å². The molecule has 0 amide bonds. The Labute approximate surface area is 121 Å². The van der Waals surface area contributed by atoms with Crippen LogP contribution in [-0.4, -0.2) is 22.3 Å². The summed E-state index contributed by atoms with van der Waals surface area (Å²) in [5.74, 6) is 0. The summed E-state index contributed by atoms with van der Waals surface area (Å²) >= 11 is 8.82. The van der Waals surface area contributed by atoms with Crippen molar-refractivity contribution in [2.45, 2.75) is 13.8 Å². The molecule has 0 heterocycles. The molecule has 0 N–H and O–H groups in total. The van der Waals surface area contributed by atoms with E-state index in [9.17, 15) is 0 Å². The standard InChI is InChI=1S/C5H11NS2.Mo.3S/c1-3-6(4-2)5(7)8;;;;/h3-4H2,1-2H3,(H,7,8);;;;/q;;3*-2. The van der Waals surface area contributed by atoms with Crippen LogP contribution >= 0.6 is 24.8 Å². The number of thiocarbonyl (C=S) groups is 1. The second kappa shape index (κ2) is 18.7. The number of hydrogen-bond acceptors (Lipinski definition) is 1. The van der Waals surface area contributed by atoms with Crippen molar-refractivity contribution >= 4 is 69.7 Å². The SMILES string of the molecule is CCN(CC)C(=S)S.[Mo].[S-2].[S-2].[S-2]. The molecule has 0 atom stereocenters. The van der Waals surface area contributed by atoms with E-state index in [1.54, 1.807) is 0 Å². The maximum atomic E-state index is 4.81. The van der Waals surface area contributed by atoms with E-state index in [0.29, 0.717) is 4.32 Å². The number of hydrogen-bond donors (Lipinski definition) is 1. The Kier molecular flexibility index (Phi) is 45.5. The number of rotatable bonds is 2. The average Bonchev–Trinajstić information content (AvgIpc) is 1.69. The molecule has 0 aromatic heterocycles. The van der Waals surface area contributed by atoms with Crippen molar-refractivity contribution in [2.75, 3.05) is 13.1 Å². The van der Waals surface area contributed by atoms with E-state index in [1.807, 2.05) is 4.90 Å². The maximum Gasteiger partial charge on any atom is 0.133 e. The molecule has 0 fully saturated rings. The summed E-state index contributed by atoms with van der Waals surface area (Å²) in [6.45, 7) is 6.04. The Bertz CT molecular complexity index is 87.9. The van der Waals surface area contributed by atoms with E-state index < -0.39 is 0 Å². The Morgan fingerprint density at radius 2 is 1.42 bits per heavy atom. The minimum atomic E-state index is 0. The van der Waals surface area contributed by atoms with E-state index in [2.05, 4.69) is 26.5 Å². The summed E-state index contributed by atoms with van der Waals surface area (Å²) in [4.78, 5) is 2.01. The zero-order chi connectivity index (χ0) is 6.57. The number of thiol groups is 1. The van der Waals surface area contributed by atoms with Gasteiger partial charge in [-0.3, -0.25) is 0 Å². The molecule has 0 aromatic rings. The third-order valence-corrected chi connectivity index (χ3v) is 1.58. The van der Waals surface area contributed by atoms with Gasteiger partial charge in [-0.2, -0.15) is 0 Å². The normalized spacial score (nSPS) is 5.92. The Hall–Kier alpha value is 1.98. The van der Waals surface area contributed by atoms with Crippen LogP contribution in [0, 0.1) is 0 Å². The van der Waals surface area contributed by atoms with Crippen LogP contribution in [0.25, 0.3) is 0 Å². The smallest absolute Gasteiger partial charge is 0.133 e. The van der Waals surface area contributed by atoms with Crippen LogP contribution in [-0.2, 0) is 61.6 Å². The van der Waals surface area contributed by atoms with Gasteiger partial charge in [0.25, 0.3) is 0 Å². The molecule has 0 spiro atoms. The predicted molar refractivity (Wildman–Crippen MR) is 66.6 cm³/mol. The third kappa shape index (κ3) is 14.5. The maximum absolute atomic E-state index is 4.81. The Morgan fingerprint density at radius 1 is 1.17 bits per heavy atom. The van der Waals surface area contributed by atoms with Crippen molar-refractivity contribution in [2.24, 2.45) is 0 Å². The summed E-state index contributed by atoms with van der Waals surface area (Å²) < 4.78 is 0.690. The summed E-state index contributed by atoms with van der Waals surface area (Å²) in [6.07, 6.45) is 0. The predicted octanol–water partition coefficient (Wildman–Crippen LogP) is 1.53. The van der Waals surface area contributed by atoms with E-state index in [0.717, 1.165) is 13.1 Å². The van der Waals surface area contributed by atoms with Gasteiger partial charge in [0.1, 0.15) is 4.32 Å². The van der Waals surface area contributed by atoms with Crippen LogP contribution in [0.2, 0.25) is 0 Å². The molecule has 78 valence electrons. The average molecular weight is 341 g/mol. The molecule has 7 heteroatoms. The molecule has 0 saturated carbocycles. The minimum absolute atomic E-state index is 0. The van der Waals surface area contributed by atoms with Crippen LogP contribution in [0.15, 0.2) is 0 Å². The first-order valence-electron chi connectivity index (χ1n) is 2.70. The van der Waals surface area contributed by atoms with Gasteiger partial charge in [0, 0.05) is 34.2 Å². The van der Waals surface area contributed by atoms with Crippen molar-refractivity contribution in [3.63, 3.8) is 0 Å². The van der Waals surface area contributed by atoms with Crippen molar-refractivity contribution in [3.8, 4) is 0 Å². The zero-order valence-electron chi connectivity index (χ0n) is 6.85. The molecule has 0 unspecified atom stereocenters. The molecule has 0 bridgehead atoms. The van der Waals surface area contributed by atoms with Crippen LogP contribution in [0.1, 0.15) is 13.8 Å². The summed E-state index contributed by atoms with van der Waals surface area (Å²) in [6, 6.07) is 0. The molecule has 0 aromatic carbocycles. The molecular weight excluding hydrogens is 330 g/mol.